The predicted octanol–water partition coefficient (Wildman–Crippen LogP) is 2.00. The van der Waals surface area contributed by atoms with Crippen LogP contribution >= 0.6 is 11.8 Å². The van der Waals surface area contributed by atoms with Gasteiger partial charge in [0.15, 0.2) is 5.09 Å². The summed E-state index contributed by atoms with van der Waals surface area (Å²) in [5.74, 6) is 0. The molecule has 0 radical (unpaired) electrons. The van der Waals surface area contributed by atoms with Crippen LogP contribution in [0.5, 0.6) is 0 Å². The second-order valence-corrected chi connectivity index (χ2v) is 1.84. The molecule has 0 saturated carbocycles. The first kappa shape index (κ1) is 3.61. The number of furan rings is 1. The molecule has 0 spiro atoms. The predicted molar refractivity (Wildman–Crippen MR) is 30.5 cm³/mol. The summed E-state index contributed by atoms with van der Waals surface area (Å²) in [6, 6.07) is 2.10. The van der Waals surface area contributed by atoms with E-state index >= 15 is 0 Å². The van der Waals surface area contributed by atoms with Gasteiger partial charge in [0.25, 0.3) is 0 Å². The molecule has 1 rings (SSSR count). The van der Waals surface area contributed by atoms with Crippen molar-refractivity contribution in [1.29, 1.82) is 0 Å². The molecule has 1 nitrogen and oxygen atoms in total. The Morgan fingerprint density at radius 3 is 3.14 bits per heavy atom. The van der Waals surface area contributed by atoms with Crippen LogP contribution in [0.15, 0.2) is 27.9 Å². The molecule has 1 heterocycles. The van der Waals surface area contributed by atoms with E-state index in [-0.39, 0.29) is 0 Å². The third kappa shape index (κ3) is 0.996. The van der Waals surface area contributed by atoms with Gasteiger partial charge in [0.2, 0.25) is 0 Å². The summed E-state index contributed by atoms with van der Waals surface area (Å²) in [5.41, 5.74) is 0. The third-order valence-corrected chi connectivity index (χ3v) is 1.21. The lowest BCUT2D eigenvalue weighted by molar-refractivity contribution is 0.475. The first-order chi connectivity index (χ1) is 3.84. The molecule has 1 aromatic heterocycles. The molecular weight excluding hydrogens is 108 g/mol. The van der Waals surface area contributed by atoms with E-state index < -0.39 is 0 Å². The van der Waals surface area contributed by atoms with Crippen molar-refractivity contribution in [3.8, 4) is 0 Å². The number of thioether (sulfide) groups is 1. The van der Waals surface area contributed by atoms with Gasteiger partial charge in [0, 0.05) is 0 Å². The molecule has 0 aliphatic carbocycles. The van der Waals surface area contributed by atoms with E-state index in [0.717, 1.165) is 0 Å². The van der Waals surface area contributed by atoms with E-state index in [1.165, 1.54) is 18.0 Å². The van der Waals surface area contributed by atoms with E-state index in [4.69, 9.17) is 5.79 Å². The second-order valence-electron chi connectivity index (χ2n) is 1.06. The van der Waals surface area contributed by atoms with E-state index in [1.54, 1.807) is 6.07 Å². The first-order valence-corrected chi connectivity index (χ1v) is 3.15. The number of hydrogen-bond donors (Lipinski definition) is 0. The van der Waals surface area contributed by atoms with Gasteiger partial charge in [0.1, 0.15) is 0 Å². The normalized spacial score (nSPS) is 11.3. The highest BCUT2D eigenvalue weighted by Gasteiger charge is 1.85. The van der Waals surface area contributed by atoms with Crippen LogP contribution in [-0.2, 0) is 0 Å². The largest absolute Gasteiger partial charge is 0.458 e. The lowest BCUT2D eigenvalue weighted by Crippen LogP contribution is -1.50. The van der Waals surface area contributed by atoms with Gasteiger partial charge >= 0.3 is 0 Å². The second kappa shape index (κ2) is 2.07. The molecule has 2 heteroatoms. The fraction of sp³-hybridized carbons (Fsp3) is 0.200. The fourth-order valence-corrected chi connectivity index (χ4v) is 0.677. The van der Waals surface area contributed by atoms with Crippen molar-refractivity contribution in [2.45, 2.75) is 5.09 Å². The summed E-state index contributed by atoms with van der Waals surface area (Å²) in [4.78, 5) is 0. The molecule has 0 atom stereocenters. The van der Waals surface area contributed by atoms with Crippen molar-refractivity contribution in [2.24, 2.45) is 0 Å². The molecule has 0 bridgehead atoms. The Balaban J connectivity index is 2.92. The highest BCUT2D eigenvalue weighted by Crippen LogP contribution is 2.12. The van der Waals surface area contributed by atoms with Gasteiger partial charge < -0.3 is 4.42 Å². The molecule has 0 aliphatic rings. The van der Waals surface area contributed by atoms with Gasteiger partial charge in [-0.2, -0.15) is 0 Å². The minimum absolute atomic E-state index is 0.470. The average Bonchev–Trinajstić information content (AvgIpc) is 2.14. The fourth-order valence-electron chi connectivity index (χ4n) is 0.339. The molecule has 0 saturated heterocycles. The lowest BCUT2D eigenvalue weighted by atomic mass is 10.7. The molecule has 1 aromatic rings. The Morgan fingerprint density at radius 2 is 2.86 bits per heavy atom. The average molecular weight is 115 g/mol. The van der Waals surface area contributed by atoms with Gasteiger partial charge in [-0.25, -0.2) is 0 Å². The molecule has 38 valence electrons. The maximum atomic E-state index is 7.14. The van der Waals surface area contributed by atoms with Crippen molar-refractivity contribution >= 4 is 11.8 Å². The maximum Gasteiger partial charge on any atom is 0.159 e. The monoisotopic (exact) mass is 115 g/mol. The van der Waals surface area contributed by atoms with Crippen molar-refractivity contribution in [1.82, 2.24) is 0 Å². The van der Waals surface area contributed by atoms with Crippen molar-refractivity contribution in [3.63, 3.8) is 0 Å². The molecular formula is C5H6OS. The van der Waals surface area contributed by atoms with Crippen molar-refractivity contribution in [3.05, 3.63) is 18.4 Å². The molecule has 7 heavy (non-hydrogen) atoms. The van der Waals surface area contributed by atoms with Gasteiger partial charge in [-0.3, -0.25) is 0 Å². The highest BCUT2D eigenvalue weighted by molar-refractivity contribution is 7.98. The smallest absolute Gasteiger partial charge is 0.159 e. The van der Waals surface area contributed by atoms with Gasteiger partial charge in [-0.1, -0.05) is 11.8 Å². The molecule has 0 aliphatic heterocycles. The zero-order valence-corrected chi connectivity index (χ0v) is 4.79. The van der Waals surface area contributed by atoms with Gasteiger partial charge in [-0.05, 0) is 18.4 Å². The Bertz CT molecular complexity index is 173. The van der Waals surface area contributed by atoms with Gasteiger partial charge in [0.05, 0.1) is 7.63 Å². The highest BCUT2D eigenvalue weighted by atomic mass is 32.2. The van der Waals surface area contributed by atoms with Crippen LogP contribution in [0.3, 0.4) is 0 Å². The summed E-state index contributed by atoms with van der Waals surface area (Å²) < 4.78 is 12.0. The lowest BCUT2D eigenvalue weighted by Gasteiger charge is -1.79. The first-order valence-electron chi connectivity index (χ1n) is 2.42. The zero-order chi connectivity index (χ0) is 5.98. The summed E-state index contributed by atoms with van der Waals surface area (Å²) in [6.07, 6.45) is 3.41. The van der Waals surface area contributed by atoms with Crippen molar-refractivity contribution in [2.75, 3.05) is 6.26 Å². The third-order valence-electron chi connectivity index (χ3n) is 0.630. The van der Waals surface area contributed by atoms with Crippen LogP contribution in [0.2, 0.25) is 0 Å². The molecule has 0 N–H and O–H groups in total. The zero-order valence-electron chi connectivity index (χ0n) is 4.97. The Kier molecular flexibility index (Phi) is 1.07. The molecule has 0 aromatic carbocycles. The molecule has 0 fully saturated rings. The topological polar surface area (TPSA) is 13.1 Å². The Hall–Kier alpha value is -0.370. The molecule has 0 amide bonds. The van der Waals surface area contributed by atoms with E-state index in [0.29, 0.717) is 11.1 Å². The minimum Gasteiger partial charge on any atom is -0.458 e. The van der Waals surface area contributed by atoms with Gasteiger partial charge in [-0.15, -0.1) is 0 Å². The van der Waals surface area contributed by atoms with Crippen LogP contribution in [0.4, 0.5) is 0 Å². The summed E-state index contributed by atoms with van der Waals surface area (Å²) in [5, 5.41) is 0.685. The summed E-state index contributed by atoms with van der Waals surface area (Å²) in [7, 11) is 0. The Morgan fingerprint density at radius 1 is 2.00 bits per heavy atom. The quantitative estimate of drug-likeness (QED) is 0.519. The standard InChI is InChI=1S/C5H6OS/c1-7-5-3-2-4-6-5/h2-4H,1H3/i3D. The van der Waals surface area contributed by atoms with E-state index in [9.17, 15) is 0 Å². The van der Waals surface area contributed by atoms with E-state index in [1.807, 2.05) is 6.26 Å². The number of rotatable bonds is 1. The minimum atomic E-state index is 0.470. The van der Waals surface area contributed by atoms with E-state index in [2.05, 4.69) is 0 Å². The van der Waals surface area contributed by atoms with Crippen LogP contribution in [-0.4, -0.2) is 6.26 Å². The molecule has 0 unspecified atom stereocenters. The summed E-state index contributed by atoms with van der Waals surface area (Å²) in [6.45, 7) is 0. The van der Waals surface area contributed by atoms with Crippen LogP contribution in [0.1, 0.15) is 1.37 Å². The summed E-state index contributed by atoms with van der Waals surface area (Å²) >= 11 is 1.45. The van der Waals surface area contributed by atoms with Crippen LogP contribution in [0, 0.1) is 0 Å². The SMILES string of the molecule is [2H]c1ccoc1SC. The van der Waals surface area contributed by atoms with Crippen molar-refractivity contribution < 1.29 is 5.79 Å². The maximum absolute atomic E-state index is 7.14. The van der Waals surface area contributed by atoms with Crippen LogP contribution < -0.4 is 0 Å². The number of hydrogen-bond acceptors (Lipinski definition) is 2. The Labute approximate surface area is 48.1 Å². The van der Waals surface area contributed by atoms with Crippen LogP contribution in [0.25, 0.3) is 0 Å².